The summed E-state index contributed by atoms with van der Waals surface area (Å²) in [6.07, 6.45) is 1.13. The second-order valence-electron chi connectivity index (χ2n) is 5.21. The first-order chi connectivity index (χ1) is 9.58. The number of carbonyl (C=O) groups is 1. The van der Waals surface area contributed by atoms with Gasteiger partial charge in [-0.2, -0.15) is 0 Å². The molecule has 0 saturated carbocycles. The number of aliphatic hydroxyl groups is 1. The normalized spacial score (nSPS) is 20.0. The van der Waals surface area contributed by atoms with Crippen molar-refractivity contribution in [1.82, 2.24) is 15.6 Å². The molecule has 0 radical (unpaired) electrons. The number of nitrogens with zero attached hydrogens (tertiary/aromatic N) is 1. The van der Waals surface area contributed by atoms with Crippen molar-refractivity contribution in [2.45, 2.75) is 26.1 Å². The second kappa shape index (κ2) is 9.84. The smallest absolute Gasteiger partial charge is 0.273 e. The number of nitrogens with one attached hydrogen (secondary N) is 2. The van der Waals surface area contributed by atoms with Crippen molar-refractivity contribution in [3.63, 3.8) is 0 Å². The average Bonchev–Trinajstić information content (AvgIpc) is 2.81. The Balaban J connectivity index is 0.00000220. The maximum atomic E-state index is 12.2. The van der Waals surface area contributed by atoms with E-state index in [1.54, 1.807) is 18.3 Å². The molecular weight excluding hydrogens is 329 g/mol. The Morgan fingerprint density at radius 3 is 2.82 bits per heavy atom. The third kappa shape index (κ3) is 5.61. The fraction of sp³-hybridized carbons (Fsp3) is 0.571. The van der Waals surface area contributed by atoms with Gasteiger partial charge in [-0.1, -0.05) is 0 Å². The maximum absolute atomic E-state index is 12.2. The minimum atomic E-state index is -0.412. The molecule has 8 heteroatoms. The van der Waals surface area contributed by atoms with E-state index in [1.165, 1.54) is 0 Å². The van der Waals surface area contributed by atoms with Crippen LogP contribution in [0.5, 0.6) is 5.75 Å². The largest absolute Gasteiger partial charge is 0.489 e. The Bertz CT molecular complexity index is 474. The number of aliphatic hydroxyl groups excluding tert-OH is 1. The van der Waals surface area contributed by atoms with Crippen molar-refractivity contribution < 1.29 is 14.6 Å². The monoisotopic (exact) mass is 351 g/mol. The fourth-order valence-corrected chi connectivity index (χ4v) is 2.15. The number of amides is 1. The minimum Gasteiger partial charge on any atom is -0.489 e. The molecule has 0 aliphatic carbocycles. The Morgan fingerprint density at radius 2 is 2.23 bits per heavy atom. The molecule has 1 fully saturated rings. The van der Waals surface area contributed by atoms with E-state index in [-0.39, 0.29) is 48.4 Å². The van der Waals surface area contributed by atoms with Crippen LogP contribution in [0.15, 0.2) is 18.3 Å². The zero-order chi connectivity index (χ0) is 14.5. The van der Waals surface area contributed by atoms with E-state index >= 15 is 0 Å². The van der Waals surface area contributed by atoms with Gasteiger partial charge in [0, 0.05) is 31.7 Å². The topological polar surface area (TPSA) is 83.5 Å². The van der Waals surface area contributed by atoms with Gasteiger partial charge in [-0.25, -0.2) is 4.98 Å². The number of β-amino-alcohol motifs (C(OH)–C–C–N with tert-alkyl or cyclic N) is 1. The lowest BCUT2D eigenvalue weighted by atomic mass is 10.1. The first-order valence-corrected chi connectivity index (χ1v) is 6.86. The molecule has 22 heavy (non-hydrogen) atoms. The predicted octanol–water partition coefficient (Wildman–Crippen LogP) is 1.02. The van der Waals surface area contributed by atoms with Crippen LogP contribution in [-0.2, 0) is 0 Å². The average molecular weight is 352 g/mol. The van der Waals surface area contributed by atoms with Gasteiger partial charge in [-0.15, -0.1) is 24.8 Å². The fourth-order valence-electron chi connectivity index (χ4n) is 2.15. The molecule has 2 atom stereocenters. The van der Waals surface area contributed by atoms with Crippen LogP contribution in [0.2, 0.25) is 0 Å². The van der Waals surface area contributed by atoms with Gasteiger partial charge in [-0.3, -0.25) is 4.79 Å². The summed E-state index contributed by atoms with van der Waals surface area (Å²) >= 11 is 0. The molecule has 1 amide bonds. The van der Waals surface area contributed by atoms with Crippen LogP contribution in [0.3, 0.4) is 0 Å². The maximum Gasteiger partial charge on any atom is 0.273 e. The highest BCUT2D eigenvalue weighted by Gasteiger charge is 2.25. The van der Waals surface area contributed by atoms with Crippen molar-refractivity contribution in [3.05, 3.63) is 24.0 Å². The SMILES string of the molecule is CC(C)Oc1cccnc1C(=O)NCC1CNCC1O.Cl.Cl. The summed E-state index contributed by atoms with van der Waals surface area (Å²) in [7, 11) is 0. The molecule has 3 N–H and O–H groups in total. The van der Waals surface area contributed by atoms with E-state index in [2.05, 4.69) is 15.6 Å². The van der Waals surface area contributed by atoms with Gasteiger partial charge in [0.2, 0.25) is 0 Å². The van der Waals surface area contributed by atoms with E-state index in [0.29, 0.717) is 25.4 Å². The van der Waals surface area contributed by atoms with Gasteiger partial charge in [0.1, 0.15) is 0 Å². The predicted molar refractivity (Wildman–Crippen MR) is 89.2 cm³/mol. The van der Waals surface area contributed by atoms with Crippen molar-refractivity contribution in [1.29, 1.82) is 0 Å². The molecule has 2 unspecified atom stereocenters. The van der Waals surface area contributed by atoms with E-state index in [4.69, 9.17) is 4.74 Å². The van der Waals surface area contributed by atoms with Crippen LogP contribution < -0.4 is 15.4 Å². The summed E-state index contributed by atoms with van der Waals surface area (Å²) < 4.78 is 5.57. The third-order valence-corrected chi connectivity index (χ3v) is 3.18. The lowest BCUT2D eigenvalue weighted by Crippen LogP contribution is -2.35. The number of pyridine rings is 1. The lowest BCUT2D eigenvalue weighted by Gasteiger charge is -2.16. The van der Waals surface area contributed by atoms with Crippen LogP contribution in [0.1, 0.15) is 24.3 Å². The summed E-state index contributed by atoms with van der Waals surface area (Å²) in [6.45, 7) is 5.50. The zero-order valence-corrected chi connectivity index (χ0v) is 14.2. The first kappa shape index (κ1) is 20.9. The van der Waals surface area contributed by atoms with E-state index in [0.717, 1.165) is 0 Å². The molecule has 126 valence electrons. The summed E-state index contributed by atoms with van der Waals surface area (Å²) in [4.78, 5) is 16.2. The van der Waals surface area contributed by atoms with Crippen molar-refractivity contribution in [3.8, 4) is 5.75 Å². The van der Waals surface area contributed by atoms with Gasteiger partial charge >= 0.3 is 0 Å². The van der Waals surface area contributed by atoms with Gasteiger partial charge in [0.15, 0.2) is 11.4 Å². The van der Waals surface area contributed by atoms with Crippen LogP contribution in [0.25, 0.3) is 0 Å². The number of aromatic nitrogens is 1. The molecule has 6 nitrogen and oxygen atoms in total. The highest BCUT2D eigenvalue weighted by atomic mass is 35.5. The van der Waals surface area contributed by atoms with Crippen molar-refractivity contribution in [2.75, 3.05) is 19.6 Å². The summed E-state index contributed by atoms with van der Waals surface area (Å²) in [5.41, 5.74) is 0.279. The number of rotatable bonds is 5. The highest BCUT2D eigenvalue weighted by molar-refractivity contribution is 5.94. The number of hydrogen-bond acceptors (Lipinski definition) is 5. The molecule has 2 rings (SSSR count). The minimum absolute atomic E-state index is 0. The second-order valence-corrected chi connectivity index (χ2v) is 5.21. The van der Waals surface area contributed by atoms with Crippen LogP contribution in [0.4, 0.5) is 0 Å². The van der Waals surface area contributed by atoms with Crippen LogP contribution in [-0.4, -0.2) is 47.8 Å². The van der Waals surface area contributed by atoms with Crippen LogP contribution >= 0.6 is 24.8 Å². The van der Waals surface area contributed by atoms with Gasteiger partial charge in [-0.05, 0) is 26.0 Å². The summed E-state index contributed by atoms with van der Waals surface area (Å²) in [6, 6.07) is 3.47. The number of ether oxygens (including phenoxy) is 1. The summed E-state index contributed by atoms with van der Waals surface area (Å²) in [5.74, 6) is 0.238. The standard InChI is InChI=1S/C14H21N3O3.2ClH/c1-9(2)20-12-4-3-5-16-13(12)14(19)17-7-10-6-15-8-11(10)18;;/h3-5,9-11,15,18H,6-8H2,1-2H3,(H,17,19);2*1H. The Hall–Kier alpha value is -1.08. The van der Waals surface area contributed by atoms with Gasteiger partial charge in [0.05, 0.1) is 12.2 Å². The highest BCUT2D eigenvalue weighted by Crippen LogP contribution is 2.17. The Labute approximate surface area is 142 Å². The number of halogens is 2. The molecule has 0 spiro atoms. The summed E-state index contributed by atoms with van der Waals surface area (Å²) in [5, 5.41) is 15.6. The number of carbonyl (C=O) groups excluding carboxylic acids is 1. The van der Waals surface area contributed by atoms with Crippen molar-refractivity contribution in [2.24, 2.45) is 5.92 Å². The van der Waals surface area contributed by atoms with E-state index in [1.807, 2.05) is 13.8 Å². The molecule has 1 aliphatic heterocycles. The van der Waals surface area contributed by atoms with Crippen molar-refractivity contribution >= 4 is 30.7 Å². The van der Waals surface area contributed by atoms with Crippen LogP contribution in [0, 0.1) is 5.92 Å². The third-order valence-electron chi connectivity index (χ3n) is 3.18. The van der Waals surface area contributed by atoms with Gasteiger partial charge < -0.3 is 20.5 Å². The Morgan fingerprint density at radius 1 is 1.50 bits per heavy atom. The molecule has 0 aromatic carbocycles. The molecule has 1 aromatic rings. The first-order valence-electron chi connectivity index (χ1n) is 6.86. The van der Waals surface area contributed by atoms with E-state index in [9.17, 15) is 9.90 Å². The number of hydrogen-bond donors (Lipinski definition) is 3. The van der Waals surface area contributed by atoms with E-state index < -0.39 is 6.10 Å². The molecule has 1 saturated heterocycles. The quantitative estimate of drug-likeness (QED) is 0.737. The van der Waals surface area contributed by atoms with Gasteiger partial charge in [0.25, 0.3) is 5.91 Å². The zero-order valence-electron chi connectivity index (χ0n) is 12.6. The molecule has 0 bridgehead atoms. The molecule has 1 aromatic heterocycles. The Kier molecular flexibility index (Phi) is 9.36. The molecule has 1 aliphatic rings. The lowest BCUT2D eigenvalue weighted by molar-refractivity contribution is 0.0916. The molecular formula is C14H23Cl2N3O3. The molecule has 2 heterocycles.